The second-order valence-corrected chi connectivity index (χ2v) is 20.6. The maximum absolute atomic E-state index is 6.62. The van der Waals surface area contributed by atoms with Crippen molar-refractivity contribution in [3.63, 3.8) is 0 Å². The van der Waals surface area contributed by atoms with Gasteiger partial charge in [-0.2, -0.15) is 0 Å². The summed E-state index contributed by atoms with van der Waals surface area (Å²) in [5, 5.41) is 2.31. The van der Waals surface area contributed by atoms with Crippen molar-refractivity contribution in [1.82, 2.24) is 0 Å². The van der Waals surface area contributed by atoms with Crippen LogP contribution in [0.5, 0.6) is 0 Å². The van der Waals surface area contributed by atoms with Gasteiger partial charge in [-0.3, -0.25) is 0 Å². The lowest BCUT2D eigenvalue weighted by molar-refractivity contribution is 0.0822. The van der Waals surface area contributed by atoms with E-state index >= 15 is 0 Å². The molecule has 1 unspecified atom stereocenters. The number of para-hydroxylation sites is 2. The van der Waals surface area contributed by atoms with E-state index in [4.69, 9.17) is 4.42 Å². The molecular weight excluding hydrogens is 739 g/mol. The zero-order valence-electron chi connectivity index (χ0n) is 36.0. The molecule has 5 aliphatic rings. The van der Waals surface area contributed by atoms with Gasteiger partial charge in [0.05, 0.1) is 0 Å². The van der Waals surface area contributed by atoms with E-state index in [2.05, 4.69) is 191 Å². The smallest absolute Gasteiger partial charge is 0.143 e. The monoisotopic (exact) mass is 791 g/mol. The minimum absolute atomic E-state index is 0.115. The number of furan rings is 1. The van der Waals surface area contributed by atoms with Crippen molar-refractivity contribution in [3.8, 4) is 22.3 Å². The van der Waals surface area contributed by atoms with E-state index in [-0.39, 0.29) is 16.2 Å². The Kier molecular flexibility index (Phi) is 7.27. The summed E-state index contributed by atoms with van der Waals surface area (Å²) in [6.07, 6.45) is 5.48. The number of fused-ring (bicyclic) bond motifs is 8. The molecule has 0 amide bonds. The molecule has 61 heavy (non-hydrogen) atoms. The first kappa shape index (κ1) is 35.9. The van der Waals surface area contributed by atoms with Crippen molar-refractivity contribution in [1.29, 1.82) is 0 Å². The minimum atomic E-state index is -0.160. The third-order valence-corrected chi connectivity index (χ3v) is 16.9. The molecule has 300 valence electrons. The third kappa shape index (κ3) is 4.69. The average molecular weight is 792 g/mol. The largest absolute Gasteiger partial charge is 0.455 e. The van der Waals surface area contributed by atoms with E-state index in [1.165, 1.54) is 70.4 Å². The molecule has 1 spiro atoms. The first-order chi connectivity index (χ1) is 29.6. The molecule has 2 nitrogen and oxygen atoms in total. The maximum atomic E-state index is 6.62. The number of hydrogen-bond donors (Lipinski definition) is 0. The highest BCUT2D eigenvalue weighted by atomic mass is 16.3. The molecule has 0 radical (unpaired) electrons. The Labute approximate surface area is 360 Å². The molecule has 2 heteroatoms. The van der Waals surface area contributed by atoms with E-state index in [1.54, 1.807) is 11.1 Å². The predicted octanol–water partition coefficient (Wildman–Crippen LogP) is 15.8. The SMILES string of the molecule is CC1(C)c2ccccc2-c2ccc(N(c3cccc(-c4cccc5c4oc4ccccc45)c3)c3ccc4c(c3)C(C)(C)c3ccccc3C3[C@H]5C[C@@H]6C[C@@H](C)C[C@@H](C5)C436)cc21. The van der Waals surface area contributed by atoms with Gasteiger partial charge in [0.15, 0.2) is 0 Å². The van der Waals surface area contributed by atoms with E-state index in [0.29, 0.717) is 5.92 Å². The van der Waals surface area contributed by atoms with Gasteiger partial charge in [-0.1, -0.05) is 144 Å². The van der Waals surface area contributed by atoms with Crippen LogP contribution in [0.25, 0.3) is 44.2 Å². The third-order valence-electron chi connectivity index (χ3n) is 16.9. The minimum Gasteiger partial charge on any atom is -0.455 e. The number of benzene rings is 7. The van der Waals surface area contributed by atoms with Crippen molar-refractivity contribution in [2.75, 3.05) is 4.90 Å². The summed E-state index contributed by atoms with van der Waals surface area (Å²) in [4.78, 5) is 2.55. The van der Waals surface area contributed by atoms with Crippen molar-refractivity contribution in [2.45, 2.75) is 82.5 Å². The Morgan fingerprint density at radius 3 is 1.95 bits per heavy atom. The van der Waals surface area contributed by atoms with Gasteiger partial charge in [-0.15, -0.1) is 0 Å². The Bertz CT molecular complexity index is 3110. The molecule has 5 aliphatic carbocycles. The molecule has 0 aliphatic heterocycles. The second kappa shape index (κ2) is 12.4. The van der Waals surface area contributed by atoms with Gasteiger partial charge in [0.1, 0.15) is 11.2 Å². The lowest BCUT2D eigenvalue weighted by Gasteiger charge is -2.51. The van der Waals surface area contributed by atoms with Crippen LogP contribution in [-0.2, 0) is 16.2 Å². The zero-order valence-corrected chi connectivity index (χ0v) is 36.0. The molecule has 0 N–H and O–H groups in total. The summed E-state index contributed by atoms with van der Waals surface area (Å²) in [6, 6.07) is 57.8. The fourth-order valence-corrected chi connectivity index (χ4v) is 14.6. The summed E-state index contributed by atoms with van der Waals surface area (Å²) in [5.41, 5.74) is 19.4. The summed E-state index contributed by atoms with van der Waals surface area (Å²) < 4.78 is 6.62. The van der Waals surface area contributed by atoms with Crippen LogP contribution in [0.3, 0.4) is 0 Å². The van der Waals surface area contributed by atoms with Gasteiger partial charge in [0, 0.05) is 49.6 Å². The molecule has 3 fully saturated rings. The van der Waals surface area contributed by atoms with Crippen LogP contribution in [0, 0.1) is 23.7 Å². The lowest BCUT2D eigenvalue weighted by Crippen LogP contribution is -2.46. The normalized spacial score (nSPS) is 25.7. The summed E-state index contributed by atoms with van der Waals surface area (Å²) in [6.45, 7) is 12.4. The summed E-state index contributed by atoms with van der Waals surface area (Å²) in [5.74, 6) is 3.67. The average Bonchev–Trinajstić information content (AvgIpc) is 3.97. The number of anilines is 3. The van der Waals surface area contributed by atoms with Crippen molar-refractivity contribution < 1.29 is 4.42 Å². The molecule has 3 atom stereocenters. The molecule has 2 bridgehead atoms. The quantitative estimate of drug-likeness (QED) is 0.177. The highest BCUT2D eigenvalue weighted by molar-refractivity contribution is 6.09. The second-order valence-electron chi connectivity index (χ2n) is 20.6. The highest BCUT2D eigenvalue weighted by Crippen LogP contribution is 2.75. The first-order valence-electron chi connectivity index (χ1n) is 22.9. The number of nitrogens with zero attached hydrogens (tertiary/aromatic N) is 1. The lowest BCUT2D eigenvalue weighted by atomic mass is 9.53. The molecule has 0 saturated heterocycles. The van der Waals surface area contributed by atoms with Gasteiger partial charge < -0.3 is 9.32 Å². The predicted molar refractivity (Wildman–Crippen MR) is 252 cm³/mol. The van der Waals surface area contributed by atoms with Crippen LogP contribution in [0.2, 0.25) is 0 Å². The van der Waals surface area contributed by atoms with E-state index in [9.17, 15) is 0 Å². The van der Waals surface area contributed by atoms with Crippen LogP contribution < -0.4 is 4.90 Å². The first-order valence-corrected chi connectivity index (χ1v) is 22.9. The van der Waals surface area contributed by atoms with Gasteiger partial charge >= 0.3 is 0 Å². The number of hydrogen-bond acceptors (Lipinski definition) is 2. The molecule has 7 aromatic carbocycles. The highest BCUT2D eigenvalue weighted by Gasteiger charge is 2.68. The topological polar surface area (TPSA) is 16.4 Å². The van der Waals surface area contributed by atoms with Crippen molar-refractivity contribution >= 4 is 39.0 Å². The Hall–Kier alpha value is -5.86. The van der Waals surface area contributed by atoms with Crippen LogP contribution >= 0.6 is 0 Å². The van der Waals surface area contributed by atoms with Gasteiger partial charge in [-0.25, -0.2) is 0 Å². The Morgan fingerprint density at radius 1 is 0.492 bits per heavy atom. The van der Waals surface area contributed by atoms with Crippen molar-refractivity contribution in [2.24, 2.45) is 23.7 Å². The Morgan fingerprint density at radius 2 is 1.11 bits per heavy atom. The fraction of sp³-hybridized carbons (Fsp3) is 0.288. The molecule has 1 aromatic heterocycles. The van der Waals surface area contributed by atoms with Crippen LogP contribution in [0.15, 0.2) is 156 Å². The van der Waals surface area contributed by atoms with E-state index in [0.717, 1.165) is 62.4 Å². The van der Waals surface area contributed by atoms with Gasteiger partial charge in [-0.05, 0) is 148 Å². The molecule has 8 aromatic rings. The van der Waals surface area contributed by atoms with Gasteiger partial charge in [0.25, 0.3) is 0 Å². The molecular formula is C59H53NO. The Balaban J connectivity index is 1.04. The van der Waals surface area contributed by atoms with E-state index < -0.39 is 0 Å². The molecule has 3 saturated carbocycles. The van der Waals surface area contributed by atoms with E-state index in [1.807, 2.05) is 0 Å². The molecule has 1 heterocycles. The van der Waals surface area contributed by atoms with Crippen LogP contribution in [0.4, 0.5) is 17.1 Å². The zero-order chi connectivity index (χ0) is 41.0. The summed E-state index contributed by atoms with van der Waals surface area (Å²) in [7, 11) is 0. The van der Waals surface area contributed by atoms with Crippen LogP contribution in [-0.4, -0.2) is 0 Å². The fourth-order valence-electron chi connectivity index (χ4n) is 14.6. The standard InChI is InChI=1S/C59H53NO/c1-35-28-38-30-37-31-39(29-35)59(38)51-27-25-42(34-53(51)58(4,5)50-22-10-7-18-48(50)55(37)59)60(41-24-26-45-44-16-6-9-21-49(44)57(2,3)52(45)33-41)40-15-12-14-36(32-40)43-19-13-20-47-46-17-8-11-23-54(46)61-56(43)47/h6-27,32-35,37-39,55H,28-31H2,1-5H3/t35-,37+,38-,39-,55?,59?/m0/s1. The summed E-state index contributed by atoms with van der Waals surface area (Å²) >= 11 is 0. The molecule has 13 rings (SSSR count). The maximum Gasteiger partial charge on any atom is 0.143 e. The van der Waals surface area contributed by atoms with Gasteiger partial charge in [0.2, 0.25) is 0 Å². The number of rotatable bonds is 4. The van der Waals surface area contributed by atoms with Crippen molar-refractivity contribution in [3.05, 3.63) is 185 Å². The van der Waals surface area contributed by atoms with Crippen LogP contribution in [0.1, 0.15) is 99.6 Å².